The summed E-state index contributed by atoms with van der Waals surface area (Å²) in [4.78, 5) is 15.3. The van der Waals surface area contributed by atoms with Crippen LogP contribution in [0, 0.1) is 5.82 Å². The topological polar surface area (TPSA) is 43.1 Å². The van der Waals surface area contributed by atoms with Crippen molar-refractivity contribution in [2.75, 3.05) is 0 Å². The van der Waals surface area contributed by atoms with Crippen LogP contribution >= 0.6 is 0 Å². The Kier molecular flexibility index (Phi) is 3.92. The van der Waals surface area contributed by atoms with E-state index in [0.717, 1.165) is 18.2 Å². The molecule has 0 saturated carbocycles. The van der Waals surface area contributed by atoms with Crippen LogP contribution in [0.25, 0.3) is 22.8 Å². The smallest absolute Gasteiger partial charge is 0.416 e. The summed E-state index contributed by atoms with van der Waals surface area (Å²) in [5, 5.41) is 0. The van der Waals surface area contributed by atoms with Gasteiger partial charge in [-0.25, -0.2) is 4.39 Å². The Bertz CT molecular complexity index is 930. The Labute approximate surface area is 133 Å². The third-order valence-electron chi connectivity index (χ3n) is 3.24. The van der Waals surface area contributed by atoms with Gasteiger partial charge in [0.1, 0.15) is 11.6 Å². The van der Waals surface area contributed by atoms with Crippen LogP contribution in [0.1, 0.15) is 5.56 Å². The van der Waals surface area contributed by atoms with Crippen molar-refractivity contribution in [3.63, 3.8) is 0 Å². The monoisotopic (exact) mass is 335 g/mol. The zero-order valence-corrected chi connectivity index (χ0v) is 12.0. The highest BCUT2D eigenvalue weighted by Crippen LogP contribution is 2.32. The Hall–Kier alpha value is -2.96. The van der Waals surface area contributed by atoms with Gasteiger partial charge in [-0.2, -0.15) is 18.2 Å². The average molecular weight is 335 g/mol. The van der Waals surface area contributed by atoms with Crippen molar-refractivity contribution in [1.82, 2.24) is 4.98 Å². The Balaban J connectivity index is 2.10. The van der Waals surface area contributed by atoms with Gasteiger partial charge in [0.05, 0.1) is 5.56 Å². The number of benzene rings is 2. The first-order valence-corrected chi connectivity index (χ1v) is 6.79. The zero-order chi connectivity index (χ0) is 17.3. The molecule has 2 aromatic carbocycles. The first-order valence-electron chi connectivity index (χ1n) is 6.79. The SMILES string of the molecule is O=c1cc(-c2ccc(F)cc2)oc(-c2cccc(C(F)(F)F)c2)n1. The van der Waals surface area contributed by atoms with E-state index in [1.165, 1.54) is 36.4 Å². The molecule has 3 aromatic rings. The van der Waals surface area contributed by atoms with Gasteiger partial charge in [0, 0.05) is 17.2 Å². The van der Waals surface area contributed by atoms with Crippen molar-refractivity contribution in [3.8, 4) is 22.8 Å². The van der Waals surface area contributed by atoms with Crippen molar-refractivity contribution >= 4 is 0 Å². The quantitative estimate of drug-likeness (QED) is 0.647. The maximum absolute atomic E-state index is 13.0. The Morgan fingerprint density at radius 2 is 1.62 bits per heavy atom. The molecule has 0 spiro atoms. The molecule has 3 nitrogen and oxygen atoms in total. The fourth-order valence-electron chi connectivity index (χ4n) is 2.11. The van der Waals surface area contributed by atoms with Crippen LogP contribution in [0.2, 0.25) is 0 Å². The average Bonchev–Trinajstić information content (AvgIpc) is 2.54. The molecule has 0 N–H and O–H groups in total. The molecular formula is C17H9F4NO2. The van der Waals surface area contributed by atoms with Gasteiger partial charge in [0.25, 0.3) is 5.56 Å². The van der Waals surface area contributed by atoms with E-state index in [0.29, 0.717) is 5.56 Å². The van der Waals surface area contributed by atoms with Gasteiger partial charge in [0.2, 0.25) is 5.89 Å². The Morgan fingerprint density at radius 1 is 0.917 bits per heavy atom. The van der Waals surface area contributed by atoms with Crippen LogP contribution in [0.3, 0.4) is 0 Å². The first kappa shape index (κ1) is 15.9. The molecule has 0 saturated heterocycles. The van der Waals surface area contributed by atoms with Gasteiger partial charge in [0.15, 0.2) is 0 Å². The minimum absolute atomic E-state index is 0.0193. The van der Waals surface area contributed by atoms with Gasteiger partial charge in [-0.1, -0.05) is 6.07 Å². The number of nitrogens with zero attached hydrogens (tertiary/aromatic N) is 1. The van der Waals surface area contributed by atoms with Gasteiger partial charge in [-0.3, -0.25) is 4.79 Å². The number of halogens is 4. The molecule has 0 amide bonds. The van der Waals surface area contributed by atoms with Crippen molar-refractivity contribution < 1.29 is 22.0 Å². The normalized spacial score (nSPS) is 11.5. The molecule has 3 rings (SSSR count). The van der Waals surface area contributed by atoms with Crippen LogP contribution in [0.15, 0.2) is 63.8 Å². The number of hydrogen-bond acceptors (Lipinski definition) is 3. The maximum atomic E-state index is 13.0. The minimum atomic E-state index is -4.52. The van der Waals surface area contributed by atoms with Crippen molar-refractivity contribution in [3.05, 3.63) is 76.3 Å². The molecule has 1 aromatic heterocycles. The highest BCUT2D eigenvalue weighted by Gasteiger charge is 2.30. The summed E-state index contributed by atoms with van der Waals surface area (Å²) in [6.45, 7) is 0. The third kappa shape index (κ3) is 3.34. The second-order valence-corrected chi connectivity index (χ2v) is 4.95. The van der Waals surface area contributed by atoms with Gasteiger partial charge in [-0.05, 0) is 42.5 Å². The third-order valence-corrected chi connectivity index (χ3v) is 3.24. The Morgan fingerprint density at radius 3 is 2.29 bits per heavy atom. The van der Waals surface area contributed by atoms with Crippen molar-refractivity contribution in [1.29, 1.82) is 0 Å². The largest absolute Gasteiger partial charge is 0.437 e. The predicted octanol–water partition coefficient (Wildman–Crippen LogP) is 4.53. The van der Waals surface area contributed by atoms with E-state index in [1.807, 2.05) is 0 Å². The molecule has 0 bridgehead atoms. The van der Waals surface area contributed by atoms with E-state index < -0.39 is 23.1 Å². The van der Waals surface area contributed by atoms with Crippen LogP contribution in [-0.2, 0) is 6.18 Å². The van der Waals surface area contributed by atoms with Gasteiger partial charge >= 0.3 is 6.18 Å². The second kappa shape index (κ2) is 5.92. The number of alkyl halides is 3. The van der Waals surface area contributed by atoms with E-state index in [-0.39, 0.29) is 17.2 Å². The fraction of sp³-hybridized carbons (Fsp3) is 0.0588. The lowest BCUT2D eigenvalue weighted by molar-refractivity contribution is -0.137. The van der Waals surface area contributed by atoms with Gasteiger partial charge < -0.3 is 4.42 Å². The standard InChI is InChI=1S/C17H9F4NO2/c18-13-6-4-10(5-7-13)14-9-15(23)22-16(24-14)11-2-1-3-12(8-11)17(19,20)21/h1-9H. The molecular weight excluding hydrogens is 326 g/mol. The minimum Gasteiger partial charge on any atom is -0.437 e. The number of rotatable bonds is 2. The zero-order valence-electron chi connectivity index (χ0n) is 12.0. The van der Waals surface area contributed by atoms with Crippen LogP contribution in [-0.4, -0.2) is 4.98 Å². The van der Waals surface area contributed by atoms with E-state index in [4.69, 9.17) is 4.42 Å². The lowest BCUT2D eigenvalue weighted by atomic mass is 10.1. The highest BCUT2D eigenvalue weighted by atomic mass is 19.4. The summed E-state index contributed by atoms with van der Waals surface area (Å²) in [6, 6.07) is 10.5. The molecule has 0 aliphatic heterocycles. The first-order chi connectivity index (χ1) is 11.3. The molecule has 0 fully saturated rings. The van der Waals surface area contributed by atoms with E-state index in [1.54, 1.807) is 0 Å². The molecule has 0 unspecified atom stereocenters. The highest BCUT2D eigenvalue weighted by molar-refractivity contribution is 5.60. The summed E-state index contributed by atoms with van der Waals surface area (Å²) in [7, 11) is 0. The van der Waals surface area contributed by atoms with E-state index >= 15 is 0 Å². The number of aromatic nitrogens is 1. The van der Waals surface area contributed by atoms with Crippen LogP contribution < -0.4 is 5.56 Å². The molecule has 122 valence electrons. The maximum Gasteiger partial charge on any atom is 0.416 e. The van der Waals surface area contributed by atoms with E-state index in [9.17, 15) is 22.4 Å². The summed E-state index contributed by atoms with van der Waals surface area (Å²) in [5.41, 5.74) is -1.13. The van der Waals surface area contributed by atoms with Crippen molar-refractivity contribution in [2.24, 2.45) is 0 Å². The van der Waals surface area contributed by atoms with Crippen LogP contribution in [0.4, 0.5) is 17.6 Å². The summed E-state index contributed by atoms with van der Waals surface area (Å²) in [6.07, 6.45) is -4.52. The molecule has 24 heavy (non-hydrogen) atoms. The summed E-state index contributed by atoms with van der Waals surface area (Å²) in [5.74, 6) is -0.622. The molecule has 0 atom stereocenters. The summed E-state index contributed by atoms with van der Waals surface area (Å²) >= 11 is 0. The molecule has 7 heteroatoms. The number of hydrogen-bond donors (Lipinski definition) is 0. The molecule has 0 aliphatic rings. The van der Waals surface area contributed by atoms with Gasteiger partial charge in [-0.15, -0.1) is 0 Å². The molecule has 0 radical (unpaired) electrons. The summed E-state index contributed by atoms with van der Waals surface area (Å²) < 4.78 is 56.8. The lowest BCUT2D eigenvalue weighted by Crippen LogP contribution is -2.07. The fourth-order valence-corrected chi connectivity index (χ4v) is 2.11. The second-order valence-electron chi connectivity index (χ2n) is 4.95. The van der Waals surface area contributed by atoms with E-state index in [2.05, 4.69) is 4.98 Å². The lowest BCUT2D eigenvalue weighted by Gasteiger charge is -2.08. The van der Waals surface area contributed by atoms with Crippen molar-refractivity contribution in [2.45, 2.75) is 6.18 Å². The molecule has 0 aliphatic carbocycles. The predicted molar refractivity (Wildman–Crippen MR) is 78.6 cm³/mol. The molecule has 1 heterocycles. The van der Waals surface area contributed by atoms with Crippen LogP contribution in [0.5, 0.6) is 0 Å².